The number of carbonyl (C=O) groups excluding carboxylic acids is 1. The van der Waals surface area contributed by atoms with Crippen molar-refractivity contribution in [2.24, 2.45) is 0 Å². The largest absolute Gasteiger partial charge is 0.318 e. The van der Waals surface area contributed by atoms with Gasteiger partial charge in [-0.05, 0) is 44.0 Å². The lowest BCUT2D eigenvalue weighted by molar-refractivity contribution is -0.114. The highest BCUT2D eigenvalue weighted by molar-refractivity contribution is 6.31. The number of aromatic nitrogens is 3. The maximum absolute atomic E-state index is 14.3. The average Bonchev–Trinajstić information content (AvgIpc) is 2.95. The van der Waals surface area contributed by atoms with E-state index in [1.54, 1.807) is 26.0 Å². The van der Waals surface area contributed by atoms with Gasteiger partial charge in [-0.1, -0.05) is 23.7 Å². The second-order valence-corrected chi connectivity index (χ2v) is 6.17. The first-order valence-corrected chi connectivity index (χ1v) is 7.99. The molecule has 0 unspecified atom stereocenters. The molecule has 3 rings (SSSR count). The van der Waals surface area contributed by atoms with E-state index in [0.29, 0.717) is 33.0 Å². The van der Waals surface area contributed by atoms with E-state index < -0.39 is 11.7 Å². The number of nitrogens with one attached hydrogen (secondary N) is 2. The Morgan fingerprint density at radius 2 is 2.08 bits per heavy atom. The maximum atomic E-state index is 14.3. The third-order valence-electron chi connectivity index (χ3n) is 3.99. The van der Waals surface area contributed by atoms with Gasteiger partial charge >= 0.3 is 0 Å². The number of H-pyrrole nitrogens is 1. The Hall–Kier alpha value is -2.73. The lowest BCUT2D eigenvalue weighted by Gasteiger charge is -2.11. The molecule has 3 aromatic rings. The van der Waals surface area contributed by atoms with Gasteiger partial charge in [-0.3, -0.25) is 14.9 Å². The highest BCUT2D eigenvalue weighted by Crippen LogP contribution is 2.26. The molecule has 0 radical (unpaired) electrons. The van der Waals surface area contributed by atoms with Gasteiger partial charge in [0.2, 0.25) is 0 Å². The zero-order valence-corrected chi connectivity index (χ0v) is 14.7. The second kappa shape index (κ2) is 6.64. The molecule has 0 saturated carbocycles. The highest BCUT2D eigenvalue weighted by atomic mass is 35.5. The molecule has 0 fully saturated rings. The Labute approximate surface area is 148 Å². The summed E-state index contributed by atoms with van der Waals surface area (Å²) in [6.07, 6.45) is 2.66. The number of halogens is 2. The van der Waals surface area contributed by atoms with Crippen LogP contribution in [0.2, 0.25) is 5.02 Å². The molecule has 0 aliphatic rings. The van der Waals surface area contributed by atoms with Gasteiger partial charge in [0.25, 0.3) is 5.91 Å². The standard InChI is InChI=1S/C18H16ClFN4O/c1-9-14(19)8-21-11(3)17(9)22-18(25)15(20)6-12-4-5-13-10(2)23-24-16(13)7-12/h4-8H,1-3H3,(H,22,25)(H,23,24)/b15-6-. The second-order valence-electron chi connectivity index (χ2n) is 5.76. The number of rotatable bonds is 3. The summed E-state index contributed by atoms with van der Waals surface area (Å²) >= 11 is 6.00. The summed E-state index contributed by atoms with van der Waals surface area (Å²) in [5.41, 5.74) is 3.82. The third-order valence-corrected chi connectivity index (χ3v) is 4.37. The fourth-order valence-electron chi connectivity index (χ4n) is 2.53. The molecule has 128 valence electrons. The molecular weight excluding hydrogens is 343 g/mol. The number of fused-ring (bicyclic) bond motifs is 1. The Kier molecular flexibility index (Phi) is 4.55. The molecule has 0 spiro atoms. The van der Waals surface area contributed by atoms with Gasteiger partial charge in [-0.15, -0.1) is 0 Å². The molecule has 2 N–H and O–H groups in total. The molecule has 0 atom stereocenters. The molecule has 5 nitrogen and oxygen atoms in total. The van der Waals surface area contributed by atoms with Crippen LogP contribution in [0.4, 0.5) is 10.1 Å². The minimum Gasteiger partial charge on any atom is -0.318 e. The minimum atomic E-state index is -0.912. The van der Waals surface area contributed by atoms with Crippen LogP contribution in [0.25, 0.3) is 17.0 Å². The smallest absolute Gasteiger partial charge is 0.284 e. The SMILES string of the molecule is Cc1ncc(Cl)c(C)c1NC(=O)/C(F)=C/c1ccc2c(C)[nH]nc2c1. The molecular formula is C18H16ClFN4O. The Morgan fingerprint density at radius 3 is 2.84 bits per heavy atom. The van der Waals surface area contributed by atoms with Crippen LogP contribution < -0.4 is 5.32 Å². The van der Waals surface area contributed by atoms with E-state index in [-0.39, 0.29) is 0 Å². The molecule has 0 saturated heterocycles. The number of carbonyl (C=O) groups is 1. The fourth-order valence-corrected chi connectivity index (χ4v) is 2.67. The van der Waals surface area contributed by atoms with Crippen LogP contribution >= 0.6 is 11.6 Å². The predicted molar refractivity (Wildman–Crippen MR) is 97.3 cm³/mol. The first-order valence-electron chi connectivity index (χ1n) is 7.62. The van der Waals surface area contributed by atoms with Crippen LogP contribution in [-0.4, -0.2) is 21.1 Å². The summed E-state index contributed by atoms with van der Waals surface area (Å²) < 4.78 is 14.3. The van der Waals surface area contributed by atoms with Crippen molar-refractivity contribution < 1.29 is 9.18 Å². The average molecular weight is 359 g/mol. The van der Waals surface area contributed by atoms with Gasteiger partial charge in [-0.2, -0.15) is 5.10 Å². The van der Waals surface area contributed by atoms with E-state index in [2.05, 4.69) is 20.5 Å². The van der Waals surface area contributed by atoms with Gasteiger partial charge in [-0.25, -0.2) is 4.39 Å². The Balaban J connectivity index is 1.86. The number of anilines is 1. The van der Waals surface area contributed by atoms with E-state index in [1.165, 1.54) is 12.3 Å². The number of aryl methyl sites for hydroxylation is 2. The zero-order chi connectivity index (χ0) is 18.1. The van der Waals surface area contributed by atoms with Crippen LogP contribution in [0.3, 0.4) is 0 Å². The molecule has 2 heterocycles. The summed E-state index contributed by atoms with van der Waals surface area (Å²) in [7, 11) is 0. The van der Waals surface area contributed by atoms with Crippen molar-refractivity contribution in [2.75, 3.05) is 5.32 Å². The number of hydrogen-bond donors (Lipinski definition) is 2. The third kappa shape index (κ3) is 3.39. The van der Waals surface area contributed by atoms with E-state index in [9.17, 15) is 9.18 Å². The van der Waals surface area contributed by atoms with Crippen LogP contribution in [0, 0.1) is 20.8 Å². The Morgan fingerprint density at radius 1 is 1.32 bits per heavy atom. The number of nitrogens with zero attached hydrogens (tertiary/aromatic N) is 2. The monoisotopic (exact) mass is 358 g/mol. The molecule has 0 aliphatic heterocycles. The molecule has 1 aromatic carbocycles. The van der Waals surface area contributed by atoms with E-state index in [1.807, 2.05) is 13.0 Å². The Bertz CT molecular complexity index is 1010. The molecule has 7 heteroatoms. The van der Waals surface area contributed by atoms with E-state index in [0.717, 1.165) is 11.1 Å². The van der Waals surface area contributed by atoms with Gasteiger partial charge in [0, 0.05) is 17.3 Å². The number of amides is 1. The van der Waals surface area contributed by atoms with Crippen molar-refractivity contribution in [3.63, 3.8) is 0 Å². The number of hydrogen-bond acceptors (Lipinski definition) is 3. The minimum absolute atomic E-state index is 0.407. The zero-order valence-electron chi connectivity index (χ0n) is 13.9. The van der Waals surface area contributed by atoms with Crippen LogP contribution in [0.15, 0.2) is 30.2 Å². The van der Waals surface area contributed by atoms with Crippen molar-refractivity contribution in [3.8, 4) is 0 Å². The topological polar surface area (TPSA) is 70.7 Å². The van der Waals surface area contributed by atoms with Gasteiger partial charge in [0.1, 0.15) is 0 Å². The van der Waals surface area contributed by atoms with Crippen LogP contribution in [0.1, 0.15) is 22.5 Å². The summed E-state index contributed by atoms with van der Waals surface area (Å²) in [6.45, 7) is 5.36. The molecule has 25 heavy (non-hydrogen) atoms. The van der Waals surface area contributed by atoms with Crippen LogP contribution in [-0.2, 0) is 4.79 Å². The van der Waals surface area contributed by atoms with E-state index in [4.69, 9.17) is 11.6 Å². The first kappa shape index (κ1) is 17.1. The van der Waals surface area contributed by atoms with Crippen molar-refractivity contribution in [2.45, 2.75) is 20.8 Å². The summed E-state index contributed by atoms with van der Waals surface area (Å²) in [5, 5.41) is 10.9. The van der Waals surface area contributed by atoms with Crippen molar-refractivity contribution >= 4 is 40.2 Å². The number of pyridine rings is 1. The molecule has 2 aromatic heterocycles. The van der Waals surface area contributed by atoms with Gasteiger partial charge in [0.15, 0.2) is 5.83 Å². The predicted octanol–water partition coefficient (Wildman–Crippen LogP) is 4.49. The van der Waals surface area contributed by atoms with Crippen molar-refractivity contribution in [1.29, 1.82) is 0 Å². The lowest BCUT2D eigenvalue weighted by atomic mass is 10.1. The fraction of sp³-hybridized carbons (Fsp3) is 0.167. The van der Waals surface area contributed by atoms with Gasteiger partial charge in [0.05, 0.1) is 21.9 Å². The van der Waals surface area contributed by atoms with Gasteiger partial charge < -0.3 is 5.32 Å². The quantitative estimate of drug-likeness (QED) is 0.678. The summed E-state index contributed by atoms with van der Waals surface area (Å²) in [6, 6.07) is 5.28. The number of aromatic amines is 1. The van der Waals surface area contributed by atoms with Crippen LogP contribution in [0.5, 0.6) is 0 Å². The molecule has 0 bridgehead atoms. The number of benzene rings is 1. The molecule has 1 amide bonds. The first-order chi connectivity index (χ1) is 11.9. The molecule has 0 aliphatic carbocycles. The lowest BCUT2D eigenvalue weighted by Crippen LogP contribution is -2.14. The van der Waals surface area contributed by atoms with E-state index >= 15 is 0 Å². The van der Waals surface area contributed by atoms with Crippen molar-refractivity contribution in [1.82, 2.24) is 15.2 Å². The highest BCUT2D eigenvalue weighted by Gasteiger charge is 2.15. The maximum Gasteiger partial charge on any atom is 0.284 e. The van der Waals surface area contributed by atoms with Crippen molar-refractivity contribution in [3.05, 3.63) is 57.8 Å². The summed E-state index contributed by atoms with van der Waals surface area (Å²) in [5.74, 6) is -1.76. The summed E-state index contributed by atoms with van der Waals surface area (Å²) in [4.78, 5) is 16.2. The normalized spacial score (nSPS) is 11.8.